The third kappa shape index (κ3) is 3.38. The molecular weight excluding hydrogens is 340 g/mol. The lowest BCUT2D eigenvalue weighted by molar-refractivity contribution is -0.121. The van der Waals surface area contributed by atoms with Crippen molar-refractivity contribution < 1.29 is 9.53 Å². The molecule has 1 aromatic carbocycles. The normalized spacial score (nSPS) is 11.2. The number of hydrogen-bond donors (Lipinski definition) is 2. The largest absolute Gasteiger partial charge is 0.497 e. The Morgan fingerprint density at radius 3 is 2.77 bits per heavy atom. The fraction of sp³-hybridized carbons (Fsp3) is 0.188. The standard InChI is InChI=1S/C16H16N6O4/c1-21-14-13(15(24)19-16(21)25)22(9-17-14)8-12(23)20-18-7-10-3-5-11(26-2)6-4-10/h3-7,9H,8H2,1-2H3,(H,20,23)(H,19,24,25)/b18-7-. The van der Waals surface area contributed by atoms with Crippen LogP contribution in [0.4, 0.5) is 0 Å². The lowest BCUT2D eigenvalue weighted by Crippen LogP contribution is -2.30. The van der Waals surface area contributed by atoms with Crippen LogP contribution in [0.1, 0.15) is 5.56 Å². The van der Waals surface area contributed by atoms with Crippen molar-refractivity contribution in [1.82, 2.24) is 24.5 Å². The van der Waals surface area contributed by atoms with E-state index in [1.807, 2.05) is 0 Å². The summed E-state index contributed by atoms with van der Waals surface area (Å²) in [5.41, 5.74) is 2.33. The molecule has 2 N–H and O–H groups in total. The first kappa shape index (κ1) is 17.1. The number of fused-ring (bicyclic) bond motifs is 1. The Hall–Kier alpha value is -3.69. The highest BCUT2D eigenvalue weighted by molar-refractivity contribution is 5.83. The van der Waals surface area contributed by atoms with Gasteiger partial charge >= 0.3 is 5.69 Å². The number of H-pyrrole nitrogens is 1. The molecular formula is C16H16N6O4. The predicted octanol–water partition coefficient (Wildman–Crippen LogP) is -0.418. The van der Waals surface area contributed by atoms with Gasteiger partial charge in [0.25, 0.3) is 11.5 Å². The smallest absolute Gasteiger partial charge is 0.329 e. The molecule has 0 aliphatic heterocycles. The molecule has 0 radical (unpaired) electrons. The molecule has 0 bridgehead atoms. The van der Waals surface area contributed by atoms with Crippen LogP contribution < -0.4 is 21.4 Å². The van der Waals surface area contributed by atoms with Gasteiger partial charge in [-0.05, 0) is 29.8 Å². The van der Waals surface area contributed by atoms with Gasteiger partial charge in [0.2, 0.25) is 0 Å². The van der Waals surface area contributed by atoms with Gasteiger partial charge < -0.3 is 9.30 Å². The van der Waals surface area contributed by atoms with E-state index in [1.54, 1.807) is 31.4 Å². The molecule has 0 unspecified atom stereocenters. The molecule has 0 aliphatic carbocycles. The lowest BCUT2D eigenvalue weighted by Gasteiger charge is -2.03. The molecule has 0 saturated heterocycles. The van der Waals surface area contributed by atoms with Gasteiger partial charge in [0.05, 0.1) is 19.7 Å². The molecule has 2 aromatic heterocycles. The van der Waals surface area contributed by atoms with Gasteiger partial charge in [-0.2, -0.15) is 5.10 Å². The number of nitrogens with zero attached hydrogens (tertiary/aromatic N) is 4. The summed E-state index contributed by atoms with van der Waals surface area (Å²) >= 11 is 0. The van der Waals surface area contributed by atoms with Crippen LogP contribution in [0.2, 0.25) is 0 Å². The van der Waals surface area contributed by atoms with Crippen molar-refractivity contribution >= 4 is 23.3 Å². The number of imidazole rings is 1. The highest BCUT2D eigenvalue weighted by atomic mass is 16.5. The fourth-order valence-electron chi connectivity index (χ4n) is 2.36. The predicted molar refractivity (Wildman–Crippen MR) is 94.3 cm³/mol. The Kier molecular flexibility index (Phi) is 4.65. The van der Waals surface area contributed by atoms with Gasteiger partial charge in [-0.1, -0.05) is 0 Å². The summed E-state index contributed by atoms with van der Waals surface area (Å²) in [7, 11) is 3.06. The molecule has 0 saturated carbocycles. The quantitative estimate of drug-likeness (QED) is 0.475. The van der Waals surface area contributed by atoms with E-state index in [2.05, 4.69) is 20.5 Å². The summed E-state index contributed by atoms with van der Waals surface area (Å²) in [6.07, 6.45) is 2.81. The van der Waals surface area contributed by atoms with Crippen molar-refractivity contribution in [3.8, 4) is 5.75 Å². The lowest BCUT2D eigenvalue weighted by atomic mass is 10.2. The molecule has 26 heavy (non-hydrogen) atoms. The number of amides is 1. The van der Waals surface area contributed by atoms with Crippen LogP contribution in [0.25, 0.3) is 11.2 Å². The second kappa shape index (κ2) is 7.05. The van der Waals surface area contributed by atoms with Gasteiger partial charge in [-0.3, -0.25) is 19.1 Å². The maximum absolute atomic E-state index is 12.0. The van der Waals surface area contributed by atoms with E-state index >= 15 is 0 Å². The SMILES string of the molecule is COc1ccc(/C=N\NC(=O)Cn2cnc3c2c(=O)[nH]c(=O)n3C)cc1. The van der Waals surface area contributed by atoms with Crippen molar-refractivity contribution in [2.24, 2.45) is 12.1 Å². The summed E-state index contributed by atoms with van der Waals surface area (Å²) in [6.45, 7) is -0.169. The molecule has 10 nitrogen and oxygen atoms in total. The number of hydrazone groups is 1. The molecule has 0 spiro atoms. The number of aryl methyl sites for hydroxylation is 1. The minimum absolute atomic E-state index is 0.140. The van der Waals surface area contributed by atoms with Crippen molar-refractivity contribution in [2.75, 3.05) is 7.11 Å². The first-order valence-electron chi connectivity index (χ1n) is 7.59. The van der Waals surface area contributed by atoms with Crippen LogP contribution in [-0.4, -0.2) is 38.3 Å². The number of carbonyl (C=O) groups excluding carboxylic acids is 1. The Labute approximate surface area is 146 Å². The number of nitrogens with one attached hydrogen (secondary N) is 2. The maximum atomic E-state index is 12.0. The van der Waals surface area contributed by atoms with Crippen molar-refractivity contribution in [3.05, 3.63) is 57.0 Å². The van der Waals surface area contributed by atoms with Gasteiger partial charge in [0.15, 0.2) is 11.2 Å². The number of ether oxygens (including phenoxy) is 1. The van der Waals surface area contributed by atoms with Gasteiger partial charge in [0.1, 0.15) is 12.3 Å². The third-order valence-corrected chi connectivity index (χ3v) is 3.71. The number of hydrogen-bond acceptors (Lipinski definition) is 6. The summed E-state index contributed by atoms with van der Waals surface area (Å²) < 4.78 is 7.61. The molecule has 2 heterocycles. The first-order chi connectivity index (χ1) is 12.5. The number of methoxy groups -OCH3 is 1. The van der Waals surface area contributed by atoms with Gasteiger partial charge in [-0.15, -0.1) is 0 Å². The minimum Gasteiger partial charge on any atom is -0.497 e. The number of aromatic amines is 1. The van der Waals surface area contributed by atoms with E-state index in [1.165, 1.54) is 28.7 Å². The van der Waals surface area contributed by atoms with Crippen LogP contribution >= 0.6 is 0 Å². The zero-order valence-electron chi connectivity index (χ0n) is 14.1. The minimum atomic E-state index is -0.602. The van der Waals surface area contributed by atoms with Gasteiger partial charge in [-0.25, -0.2) is 15.2 Å². The molecule has 3 rings (SSSR count). The van der Waals surface area contributed by atoms with E-state index < -0.39 is 17.2 Å². The average molecular weight is 356 g/mol. The molecule has 0 fully saturated rings. The average Bonchev–Trinajstić information content (AvgIpc) is 3.04. The number of benzene rings is 1. The topological polar surface area (TPSA) is 123 Å². The number of rotatable bonds is 5. The monoisotopic (exact) mass is 356 g/mol. The highest BCUT2D eigenvalue weighted by Crippen LogP contribution is 2.09. The van der Waals surface area contributed by atoms with Crippen molar-refractivity contribution in [1.29, 1.82) is 0 Å². The Morgan fingerprint density at radius 1 is 1.35 bits per heavy atom. The van der Waals surface area contributed by atoms with Crippen LogP contribution in [-0.2, 0) is 18.4 Å². The van der Waals surface area contributed by atoms with E-state index in [0.29, 0.717) is 0 Å². The van der Waals surface area contributed by atoms with Crippen LogP contribution in [0.5, 0.6) is 5.75 Å². The Balaban J connectivity index is 1.71. The van der Waals surface area contributed by atoms with Gasteiger partial charge in [0, 0.05) is 7.05 Å². The first-order valence-corrected chi connectivity index (χ1v) is 7.59. The van der Waals surface area contributed by atoms with Crippen LogP contribution in [0, 0.1) is 0 Å². The molecule has 134 valence electrons. The second-order valence-corrected chi connectivity index (χ2v) is 5.43. The summed E-state index contributed by atoms with van der Waals surface area (Å²) in [5.74, 6) is 0.278. The second-order valence-electron chi connectivity index (χ2n) is 5.43. The van der Waals surface area contributed by atoms with Crippen molar-refractivity contribution in [2.45, 2.75) is 6.54 Å². The van der Waals surface area contributed by atoms with E-state index in [4.69, 9.17) is 4.74 Å². The summed E-state index contributed by atoms with van der Waals surface area (Å²) in [5, 5.41) is 3.87. The zero-order chi connectivity index (χ0) is 18.7. The third-order valence-electron chi connectivity index (χ3n) is 3.71. The number of carbonyl (C=O) groups is 1. The fourth-order valence-corrected chi connectivity index (χ4v) is 2.36. The number of aromatic nitrogens is 4. The molecule has 0 atom stereocenters. The highest BCUT2D eigenvalue weighted by Gasteiger charge is 2.13. The molecule has 3 aromatic rings. The molecule has 0 aliphatic rings. The van der Waals surface area contributed by atoms with Crippen LogP contribution in [0.15, 0.2) is 45.3 Å². The Morgan fingerprint density at radius 2 is 2.08 bits per heavy atom. The van der Waals surface area contributed by atoms with Crippen molar-refractivity contribution in [3.63, 3.8) is 0 Å². The summed E-state index contributed by atoms with van der Waals surface area (Å²) in [4.78, 5) is 41.7. The molecule has 1 amide bonds. The Bertz CT molecular complexity index is 1090. The zero-order valence-corrected chi connectivity index (χ0v) is 14.1. The van der Waals surface area contributed by atoms with Crippen LogP contribution in [0.3, 0.4) is 0 Å². The maximum Gasteiger partial charge on any atom is 0.329 e. The van der Waals surface area contributed by atoms with E-state index in [9.17, 15) is 14.4 Å². The van der Waals surface area contributed by atoms with E-state index in [0.717, 1.165) is 11.3 Å². The summed E-state index contributed by atoms with van der Waals surface area (Å²) in [6, 6.07) is 7.13. The molecule has 10 heteroatoms. The van der Waals surface area contributed by atoms with E-state index in [-0.39, 0.29) is 17.7 Å².